The van der Waals surface area contributed by atoms with Crippen molar-refractivity contribution in [1.82, 2.24) is 24.9 Å². The lowest BCUT2D eigenvalue weighted by Crippen LogP contribution is -2.22. The number of aromatic nitrogens is 4. The van der Waals surface area contributed by atoms with Crippen molar-refractivity contribution in [1.29, 1.82) is 0 Å². The average Bonchev–Trinajstić information content (AvgIpc) is 3.10. The van der Waals surface area contributed by atoms with Gasteiger partial charge in [-0.2, -0.15) is 10.2 Å². The lowest BCUT2D eigenvalue weighted by atomic mass is 10.3. The van der Waals surface area contributed by atoms with Crippen molar-refractivity contribution in [2.75, 3.05) is 12.4 Å². The summed E-state index contributed by atoms with van der Waals surface area (Å²) in [5.41, 5.74) is 1.68. The molecule has 8 nitrogen and oxygen atoms in total. The Labute approximate surface area is 128 Å². The molecule has 0 aliphatic carbocycles. The monoisotopic (exact) mass is 304 g/mol. The molecule has 2 aromatic heterocycles. The molecule has 0 aromatic carbocycles. The number of rotatable bonds is 6. The van der Waals surface area contributed by atoms with Gasteiger partial charge < -0.3 is 10.6 Å². The summed E-state index contributed by atoms with van der Waals surface area (Å²) >= 11 is 0. The second kappa shape index (κ2) is 6.88. The summed E-state index contributed by atoms with van der Waals surface area (Å²) in [5.74, 6) is -0.515. The lowest BCUT2D eigenvalue weighted by molar-refractivity contribution is -0.116. The molecular weight excluding hydrogens is 284 g/mol. The highest BCUT2D eigenvalue weighted by Crippen LogP contribution is 2.14. The van der Waals surface area contributed by atoms with E-state index in [9.17, 15) is 9.59 Å². The van der Waals surface area contributed by atoms with Crippen LogP contribution in [-0.4, -0.2) is 38.4 Å². The van der Waals surface area contributed by atoms with E-state index in [-0.39, 0.29) is 23.9 Å². The fourth-order valence-corrected chi connectivity index (χ4v) is 1.98. The van der Waals surface area contributed by atoms with Crippen LogP contribution in [0.15, 0.2) is 18.6 Å². The molecule has 0 aliphatic heterocycles. The summed E-state index contributed by atoms with van der Waals surface area (Å²) < 4.78 is 3.32. The van der Waals surface area contributed by atoms with Crippen molar-refractivity contribution in [2.45, 2.75) is 33.4 Å². The topological polar surface area (TPSA) is 93.8 Å². The standard InChI is InChI=1S/C14H20N6O2/c1-4-19-9-11(13(18-19)14(22)15-3)17-12(21)5-6-20-8-10(2)7-16-20/h7-9H,4-6H2,1-3H3,(H,15,22)(H,17,21). The molecular formula is C14H20N6O2. The van der Waals surface area contributed by atoms with Gasteiger partial charge in [0.2, 0.25) is 5.91 Å². The maximum Gasteiger partial charge on any atom is 0.273 e. The summed E-state index contributed by atoms with van der Waals surface area (Å²) in [6.07, 6.45) is 5.54. The molecule has 8 heteroatoms. The summed E-state index contributed by atoms with van der Waals surface area (Å²) in [6.45, 7) is 4.95. The molecule has 0 spiro atoms. The van der Waals surface area contributed by atoms with Crippen LogP contribution in [0.4, 0.5) is 5.69 Å². The molecule has 2 N–H and O–H groups in total. The normalized spacial score (nSPS) is 10.5. The van der Waals surface area contributed by atoms with Crippen molar-refractivity contribution < 1.29 is 9.59 Å². The van der Waals surface area contributed by atoms with Gasteiger partial charge in [0.15, 0.2) is 5.69 Å². The largest absolute Gasteiger partial charge is 0.354 e. The van der Waals surface area contributed by atoms with E-state index >= 15 is 0 Å². The predicted molar refractivity (Wildman–Crippen MR) is 81.5 cm³/mol. The number of hydrogen-bond donors (Lipinski definition) is 2. The Kier molecular flexibility index (Phi) is 4.92. The Morgan fingerprint density at radius 3 is 2.64 bits per heavy atom. The molecule has 2 heterocycles. The third-order valence-electron chi connectivity index (χ3n) is 3.13. The van der Waals surface area contributed by atoms with Gasteiger partial charge in [-0.3, -0.25) is 19.0 Å². The second-order valence-corrected chi connectivity index (χ2v) is 4.91. The molecule has 2 amide bonds. The third-order valence-corrected chi connectivity index (χ3v) is 3.13. The molecule has 0 aliphatic rings. The van der Waals surface area contributed by atoms with Gasteiger partial charge in [-0.25, -0.2) is 0 Å². The Balaban J connectivity index is 2.01. The lowest BCUT2D eigenvalue weighted by Gasteiger charge is -2.05. The van der Waals surface area contributed by atoms with Crippen LogP contribution < -0.4 is 10.6 Å². The van der Waals surface area contributed by atoms with Gasteiger partial charge in [0, 0.05) is 39.0 Å². The summed E-state index contributed by atoms with van der Waals surface area (Å²) in [4.78, 5) is 23.8. The zero-order chi connectivity index (χ0) is 16.1. The van der Waals surface area contributed by atoms with Gasteiger partial charge in [-0.15, -0.1) is 0 Å². The van der Waals surface area contributed by atoms with Gasteiger partial charge >= 0.3 is 0 Å². The Hall–Kier alpha value is -2.64. The Morgan fingerprint density at radius 1 is 1.27 bits per heavy atom. The molecule has 0 bridgehead atoms. The minimum absolute atomic E-state index is 0.186. The number of carbonyl (C=O) groups is 2. The zero-order valence-electron chi connectivity index (χ0n) is 13.0. The maximum absolute atomic E-state index is 12.0. The first kappa shape index (κ1) is 15.7. The SMILES string of the molecule is CCn1cc(NC(=O)CCn2cc(C)cn2)c(C(=O)NC)n1. The van der Waals surface area contributed by atoms with E-state index in [4.69, 9.17) is 0 Å². The Morgan fingerprint density at radius 2 is 2.05 bits per heavy atom. The fraction of sp³-hybridized carbons (Fsp3) is 0.429. The average molecular weight is 304 g/mol. The van der Waals surface area contributed by atoms with E-state index in [1.807, 2.05) is 20.0 Å². The van der Waals surface area contributed by atoms with Crippen molar-refractivity contribution in [3.05, 3.63) is 29.8 Å². The highest BCUT2D eigenvalue weighted by atomic mass is 16.2. The van der Waals surface area contributed by atoms with Gasteiger partial charge in [0.05, 0.1) is 11.9 Å². The number of amides is 2. The molecule has 0 saturated heterocycles. The number of anilines is 1. The highest BCUT2D eigenvalue weighted by Gasteiger charge is 2.17. The first-order valence-electron chi connectivity index (χ1n) is 7.12. The quantitative estimate of drug-likeness (QED) is 0.825. The van der Waals surface area contributed by atoms with Gasteiger partial charge in [0.25, 0.3) is 5.91 Å². The molecule has 22 heavy (non-hydrogen) atoms. The summed E-state index contributed by atoms with van der Waals surface area (Å²) in [7, 11) is 1.53. The first-order chi connectivity index (χ1) is 10.5. The van der Waals surface area contributed by atoms with Crippen molar-refractivity contribution >= 4 is 17.5 Å². The molecule has 0 fully saturated rings. The zero-order valence-corrected chi connectivity index (χ0v) is 13.0. The first-order valence-corrected chi connectivity index (χ1v) is 7.12. The van der Waals surface area contributed by atoms with Gasteiger partial charge in [0.1, 0.15) is 0 Å². The number of carbonyl (C=O) groups excluding carboxylic acids is 2. The maximum atomic E-state index is 12.0. The van der Waals surface area contributed by atoms with E-state index in [1.165, 1.54) is 7.05 Å². The molecule has 2 rings (SSSR count). The van der Waals surface area contributed by atoms with Crippen LogP contribution >= 0.6 is 0 Å². The molecule has 2 aromatic rings. The van der Waals surface area contributed by atoms with Crippen LogP contribution in [0.3, 0.4) is 0 Å². The van der Waals surface area contributed by atoms with Crippen LogP contribution in [0.5, 0.6) is 0 Å². The van der Waals surface area contributed by atoms with Crippen molar-refractivity contribution in [3.8, 4) is 0 Å². The van der Waals surface area contributed by atoms with Crippen LogP contribution in [0.2, 0.25) is 0 Å². The molecule has 0 unspecified atom stereocenters. The van der Waals surface area contributed by atoms with Gasteiger partial charge in [-0.05, 0) is 19.4 Å². The summed E-state index contributed by atoms with van der Waals surface area (Å²) in [5, 5.41) is 13.5. The minimum atomic E-state index is -0.329. The Bertz CT molecular complexity index is 673. The number of nitrogens with zero attached hydrogens (tertiary/aromatic N) is 4. The molecule has 0 radical (unpaired) electrons. The van der Waals surface area contributed by atoms with E-state index in [0.29, 0.717) is 18.8 Å². The van der Waals surface area contributed by atoms with Crippen LogP contribution in [0, 0.1) is 6.92 Å². The minimum Gasteiger partial charge on any atom is -0.354 e. The highest BCUT2D eigenvalue weighted by molar-refractivity contribution is 6.02. The van der Waals surface area contributed by atoms with E-state index < -0.39 is 0 Å². The van der Waals surface area contributed by atoms with Crippen molar-refractivity contribution in [3.63, 3.8) is 0 Å². The third kappa shape index (κ3) is 3.72. The van der Waals surface area contributed by atoms with Crippen LogP contribution in [0.1, 0.15) is 29.4 Å². The number of nitrogens with one attached hydrogen (secondary N) is 2. The fourth-order valence-electron chi connectivity index (χ4n) is 1.98. The number of hydrogen-bond acceptors (Lipinski definition) is 4. The summed E-state index contributed by atoms with van der Waals surface area (Å²) in [6, 6.07) is 0. The second-order valence-electron chi connectivity index (χ2n) is 4.91. The van der Waals surface area contributed by atoms with Crippen molar-refractivity contribution in [2.24, 2.45) is 0 Å². The van der Waals surface area contributed by atoms with Gasteiger partial charge in [-0.1, -0.05) is 0 Å². The van der Waals surface area contributed by atoms with E-state index in [1.54, 1.807) is 21.8 Å². The van der Waals surface area contributed by atoms with E-state index in [2.05, 4.69) is 20.8 Å². The predicted octanol–water partition coefficient (Wildman–Crippen LogP) is 0.796. The van der Waals surface area contributed by atoms with Crippen LogP contribution in [0.25, 0.3) is 0 Å². The molecule has 0 saturated carbocycles. The number of aryl methyl sites for hydroxylation is 3. The molecule has 118 valence electrons. The molecule has 0 atom stereocenters. The van der Waals surface area contributed by atoms with Crippen LogP contribution in [-0.2, 0) is 17.9 Å². The smallest absolute Gasteiger partial charge is 0.273 e. The van der Waals surface area contributed by atoms with E-state index in [0.717, 1.165) is 5.56 Å².